The lowest BCUT2D eigenvalue weighted by atomic mass is 10.0. The summed E-state index contributed by atoms with van der Waals surface area (Å²) in [6, 6.07) is 13.2. The van der Waals surface area contributed by atoms with Gasteiger partial charge in [-0.25, -0.2) is 0 Å². The molecule has 0 aliphatic heterocycles. The Labute approximate surface area is 119 Å². The maximum absolute atomic E-state index is 12.3. The number of benzene rings is 2. The highest BCUT2D eigenvalue weighted by Crippen LogP contribution is 2.15. The monoisotopic (exact) mass is 284 g/mol. The van der Waals surface area contributed by atoms with Crippen molar-refractivity contribution >= 4 is 28.4 Å². The average molecular weight is 285 g/mol. The first-order chi connectivity index (χ1) is 9.66. The number of hydrogen-bond donors (Lipinski definition) is 0. The topological polar surface area (TPSA) is 47.3 Å². The van der Waals surface area contributed by atoms with Crippen molar-refractivity contribution in [3.63, 3.8) is 0 Å². The Hall–Kier alpha value is -2.39. The summed E-state index contributed by atoms with van der Waals surface area (Å²) >= 11 is 5.78. The molecule has 0 radical (unpaired) electrons. The second kappa shape index (κ2) is 4.94. The van der Waals surface area contributed by atoms with Gasteiger partial charge in [-0.05, 0) is 36.4 Å². The molecule has 0 aliphatic rings. The normalized spacial score (nSPS) is 10.7. The third-order valence-corrected chi connectivity index (χ3v) is 3.28. The summed E-state index contributed by atoms with van der Waals surface area (Å²) in [4.78, 5) is 24.6. The van der Waals surface area contributed by atoms with Gasteiger partial charge in [0.2, 0.25) is 5.43 Å². The molecule has 1 heterocycles. The molecule has 0 saturated heterocycles. The van der Waals surface area contributed by atoms with E-state index in [1.165, 1.54) is 6.26 Å². The van der Waals surface area contributed by atoms with Crippen LogP contribution in [0.25, 0.3) is 11.0 Å². The van der Waals surface area contributed by atoms with Crippen LogP contribution in [0.5, 0.6) is 0 Å². The van der Waals surface area contributed by atoms with Crippen molar-refractivity contribution in [2.24, 2.45) is 0 Å². The van der Waals surface area contributed by atoms with Crippen molar-refractivity contribution in [1.29, 1.82) is 0 Å². The Morgan fingerprint density at radius 2 is 1.70 bits per heavy atom. The van der Waals surface area contributed by atoms with E-state index in [1.54, 1.807) is 48.5 Å². The molecule has 0 bridgehead atoms. The number of rotatable bonds is 2. The maximum atomic E-state index is 12.3. The Morgan fingerprint density at radius 1 is 1.00 bits per heavy atom. The Kier molecular flexibility index (Phi) is 3.12. The lowest BCUT2D eigenvalue weighted by molar-refractivity contribution is 0.103. The van der Waals surface area contributed by atoms with Gasteiger partial charge in [0, 0.05) is 10.6 Å². The highest BCUT2D eigenvalue weighted by molar-refractivity contribution is 6.30. The van der Waals surface area contributed by atoms with E-state index in [0.29, 0.717) is 21.6 Å². The van der Waals surface area contributed by atoms with Crippen LogP contribution in [0.1, 0.15) is 15.9 Å². The summed E-state index contributed by atoms with van der Waals surface area (Å²) in [5.74, 6) is -0.374. The molecule has 0 unspecified atom stereocenters. The molecule has 0 saturated carbocycles. The molecule has 20 heavy (non-hydrogen) atoms. The van der Waals surface area contributed by atoms with Crippen LogP contribution in [0.2, 0.25) is 5.02 Å². The number of para-hydroxylation sites is 1. The van der Waals surface area contributed by atoms with E-state index < -0.39 is 0 Å². The van der Waals surface area contributed by atoms with Crippen molar-refractivity contribution in [2.75, 3.05) is 0 Å². The van der Waals surface area contributed by atoms with Gasteiger partial charge in [-0.2, -0.15) is 0 Å². The number of carbonyl (C=O) groups excluding carboxylic acids is 1. The predicted molar refractivity (Wildman–Crippen MR) is 77.4 cm³/mol. The fourth-order valence-electron chi connectivity index (χ4n) is 1.99. The molecular weight excluding hydrogens is 276 g/mol. The average Bonchev–Trinajstić information content (AvgIpc) is 2.48. The van der Waals surface area contributed by atoms with Gasteiger partial charge in [0.25, 0.3) is 0 Å². The summed E-state index contributed by atoms with van der Waals surface area (Å²) in [7, 11) is 0. The largest absolute Gasteiger partial charge is 0.463 e. The van der Waals surface area contributed by atoms with E-state index in [2.05, 4.69) is 0 Å². The van der Waals surface area contributed by atoms with Gasteiger partial charge in [-0.3, -0.25) is 9.59 Å². The molecule has 0 N–H and O–H groups in total. The third-order valence-electron chi connectivity index (χ3n) is 3.03. The van der Waals surface area contributed by atoms with Crippen LogP contribution in [-0.2, 0) is 0 Å². The molecule has 0 aliphatic carbocycles. The van der Waals surface area contributed by atoms with Crippen molar-refractivity contribution in [2.45, 2.75) is 0 Å². The summed E-state index contributed by atoms with van der Waals surface area (Å²) < 4.78 is 5.34. The highest BCUT2D eigenvalue weighted by atomic mass is 35.5. The van der Waals surface area contributed by atoms with Crippen LogP contribution in [-0.4, -0.2) is 5.78 Å². The highest BCUT2D eigenvalue weighted by Gasteiger charge is 2.15. The summed E-state index contributed by atoms with van der Waals surface area (Å²) in [5, 5.41) is 0.930. The van der Waals surface area contributed by atoms with E-state index in [0.717, 1.165) is 0 Å². The van der Waals surface area contributed by atoms with Crippen molar-refractivity contribution in [1.82, 2.24) is 0 Å². The molecule has 98 valence electrons. The Morgan fingerprint density at radius 3 is 2.45 bits per heavy atom. The van der Waals surface area contributed by atoms with Crippen molar-refractivity contribution < 1.29 is 9.21 Å². The van der Waals surface area contributed by atoms with Gasteiger partial charge in [0.15, 0.2) is 5.78 Å². The van der Waals surface area contributed by atoms with Gasteiger partial charge < -0.3 is 4.42 Å². The first-order valence-corrected chi connectivity index (χ1v) is 6.35. The summed E-state index contributed by atoms with van der Waals surface area (Å²) in [5.41, 5.74) is 0.556. The molecule has 0 spiro atoms. The minimum absolute atomic E-state index is 0.0195. The number of halogens is 1. The van der Waals surface area contributed by atoms with Gasteiger partial charge in [-0.1, -0.05) is 23.7 Å². The van der Waals surface area contributed by atoms with Gasteiger partial charge >= 0.3 is 0 Å². The molecule has 4 heteroatoms. The number of fused-ring (bicyclic) bond motifs is 1. The van der Waals surface area contributed by atoms with E-state index in [9.17, 15) is 9.59 Å². The Bertz CT molecular complexity index is 847. The summed E-state index contributed by atoms with van der Waals surface area (Å²) in [6.45, 7) is 0. The molecule has 2 aromatic carbocycles. The second-order valence-electron chi connectivity index (χ2n) is 4.31. The molecule has 3 aromatic rings. The van der Waals surface area contributed by atoms with Crippen molar-refractivity contribution in [3.8, 4) is 0 Å². The fraction of sp³-hybridized carbons (Fsp3) is 0. The minimum Gasteiger partial charge on any atom is -0.463 e. The van der Waals surface area contributed by atoms with Crippen LogP contribution in [0.3, 0.4) is 0 Å². The summed E-state index contributed by atoms with van der Waals surface area (Å²) in [6.07, 6.45) is 1.21. The quantitative estimate of drug-likeness (QED) is 0.675. The minimum atomic E-state index is -0.374. The smallest absolute Gasteiger partial charge is 0.203 e. The van der Waals surface area contributed by atoms with E-state index in [1.807, 2.05) is 0 Å². The zero-order valence-electron chi connectivity index (χ0n) is 10.3. The molecule has 3 rings (SSSR count). The second-order valence-corrected chi connectivity index (χ2v) is 4.75. The van der Waals surface area contributed by atoms with Crippen molar-refractivity contribution in [3.05, 3.63) is 81.2 Å². The van der Waals surface area contributed by atoms with Gasteiger partial charge in [0.1, 0.15) is 17.4 Å². The maximum Gasteiger partial charge on any atom is 0.203 e. The number of ketones is 1. The zero-order valence-corrected chi connectivity index (χ0v) is 11.1. The van der Waals surface area contributed by atoms with E-state index in [4.69, 9.17) is 16.0 Å². The molecule has 0 fully saturated rings. The Balaban J connectivity index is 2.15. The van der Waals surface area contributed by atoms with Gasteiger partial charge in [-0.15, -0.1) is 0 Å². The SMILES string of the molecule is O=C(c1ccc(Cl)cc1)c1coc2ccccc2c1=O. The van der Waals surface area contributed by atoms with Crippen LogP contribution in [0.15, 0.2) is 64.0 Å². The first kappa shape index (κ1) is 12.6. The first-order valence-electron chi connectivity index (χ1n) is 5.97. The van der Waals surface area contributed by atoms with Crippen LogP contribution in [0.4, 0.5) is 0 Å². The lowest BCUT2D eigenvalue weighted by Gasteiger charge is -2.02. The standard InChI is InChI=1S/C16H9ClO3/c17-11-7-5-10(6-8-11)15(18)13-9-20-14-4-2-1-3-12(14)16(13)19/h1-9H. The molecular formula is C16H9ClO3. The molecule has 0 amide bonds. The number of carbonyl (C=O) groups is 1. The fourth-order valence-corrected chi connectivity index (χ4v) is 2.12. The van der Waals surface area contributed by atoms with Crippen LogP contribution >= 0.6 is 11.6 Å². The zero-order chi connectivity index (χ0) is 14.1. The van der Waals surface area contributed by atoms with Crippen LogP contribution < -0.4 is 5.43 Å². The van der Waals surface area contributed by atoms with Gasteiger partial charge in [0.05, 0.1) is 5.39 Å². The predicted octanol–water partition coefficient (Wildman–Crippen LogP) is 3.68. The lowest BCUT2D eigenvalue weighted by Crippen LogP contribution is -2.15. The molecule has 0 atom stereocenters. The molecule has 1 aromatic heterocycles. The number of hydrogen-bond acceptors (Lipinski definition) is 3. The molecule has 3 nitrogen and oxygen atoms in total. The van der Waals surface area contributed by atoms with Crippen LogP contribution in [0, 0.1) is 0 Å². The third kappa shape index (κ3) is 2.12. The van der Waals surface area contributed by atoms with E-state index >= 15 is 0 Å². The van der Waals surface area contributed by atoms with E-state index in [-0.39, 0.29) is 16.8 Å².